The summed E-state index contributed by atoms with van der Waals surface area (Å²) in [6.07, 6.45) is 9.34. The summed E-state index contributed by atoms with van der Waals surface area (Å²) in [4.78, 5) is 48.8. The second-order valence-corrected chi connectivity index (χ2v) is 14.7. The molecule has 1 saturated carbocycles. The highest BCUT2D eigenvalue weighted by Gasteiger charge is 2.76. The number of halogens is 1. The lowest BCUT2D eigenvalue weighted by Crippen LogP contribution is -2.59. The zero-order valence-corrected chi connectivity index (χ0v) is 26.3. The van der Waals surface area contributed by atoms with Gasteiger partial charge in [-0.25, -0.2) is 0 Å². The number of carbonyl (C=O) groups excluding carboxylic acids is 3. The number of benzene rings is 1. The van der Waals surface area contributed by atoms with E-state index in [1.165, 1.54) is 6.42 Å². The molecule has 1 aliphatic carbocycles. The van der Waals surface area contributed by atoms with Gasteiger partial charge in [0.2, 0.25) is 17.7 Å². The molecule has 41 heavy (non-hydrogen) atoms. The zero-order valence-electron chi connectivity index (χ0n) is 23.9. The van der Waals surface area contributed by atoms with E-state index in [0.29, 0.717) is 26.1 Å². The van der Waals surface area contributed by atoms with Gasteiger partial charge in [0, 0.05) is 35.8 Å². The van der Waals surface area contributed by atoms with Crippen LogP contribution in [0.15, 0.2) is 55.6 Å². The molecule has 3 heterocycles. The molecule has 3 aliphatic heterocycles. The minimum atomic E-state index is -0.739. The standard InChI is InChI=1S/C32H42BrN3O4S/c1-4-16-34(19-22-12-8-6-9-13-22)29(38)25-26-30(39)36(21(3)20-37)28(32(26)18-24(33)27(25)41-32)31(40)35(17-5-2)23-14-10-7-11-15-23/h4-6,8-9,12-13,21,23-28,37H,1-2,7,10-11,14-20H2,3H3/t21-,24?,25+,26+,27+,28?,32?/m1/s1. The van der Waals surface area contributed by atoms with Gasteiger partial charge in [-0.2, -0.15) is 0 Å². The summed E-state index contributed by atoms with van der Waals surface area (Å²) in [7, 11) is 0. The highest BCUT2D eigenvalue weighted by atomic mass is 79.9. The van der Waals surface area contributed by atoms with Gasteiger partial charge < -0.3 is 19.8 Å². The summed E-state index contributed by atoms with van der Waals surface area (Å²) in [6.45, 7) is 10.6. The smallest absolute Gasteiger partial charge is 0.247 e. The number of thioether (sulfide) groups is 1. The van der Waals surface area contributed by atoms with Crippen LogP contribution in [0.3, 0.4) is 0 Å². The number of rotatable bonds is 11. The van der Waals surface area contributed by atoms with Crippen molar-refractivity contribution in [3.05, 3.63) is 61.2 Å². The molecule has 1 spiro atoms. The topological polar surface area (TPSA) is 81.2 Å². The van der Waals surface area contributed by atoms with Crippen LogP contribution >= 0.6 is 27.7 Å². The zero-order chi connectivity index (χ0) is 29.3. The van der Waals surface area contributed by atoms with Gasteiger partial charge in [0.15, 0.2) is 0 Å². The van der Waals surface area contributed by atoms with Crippen LogP contribution in [0.1, 0.15) is 51.0 Å². The Bertz CT molecular complexity index is 1160. The molecule has 1 aromatic rings. The van der Waals surface area contributed by atoms with E-state index in [-0.39, 0.29) is 40.4 Å². The average molecular weight is 645 g/mol. The molecule has 7 atom stereocenters. The van der Waals surface area contributed by atoms with Crippen molar-refractivity contribution in [1.82, 2.24) is 14.7 Å². The fraction of sp³-hybridized carbons (Fsp3) is 0.594. The van der Waals surface area contributed by atoms with Crippen LogP contribution in [0.5, 0.6) is 0 Å². The summed E-state index contributed by atoms with van der Waals surface area (Å²) >= 11 is 5.53. The van der Waals surface area contributed by atoms with Gasteiger partial charge in [0.05, 0.1) is 29.2 Å². The molecular weight excluding hydrogens is 602 g/mol. The van der Waals surface area contributed by atoms with E-state index in [1.807, 2.05) is 35.2 Å². The van der Waals surface area contributed by atoms with Crippen LogP contribution in [0.25, 0.3) is 0 Å². The molecule has 4 fully saturated rings. The molecule has 7 nitrogen and oxygen atoms in total. The van der Waals surface area contributed by atoms with Gasteiger partial charge in [-0.1, -0.05) is 77.7 Å². The number of alkyl halides is 1. The second kappa shape index (κ2) is 12.6. The van der Waals surface area contributed by atoms with Gasteiger partial charge >= 0.3 is 0 Å². The average Bonchev–Trinajstić information content (AvgIpc) is 3.58. The van der Waals surface area contributed by atoms with E-state index in [4.69, 9.17) is 0 Å². The molecule has 2 bridgehead atoms. The van der Waals surface area contributed by atoms with Crippen LogP contribution in [-0.2, 0) is 20.9 Å². The molecule has 3 unspecified atom stereocenters. The number of likely N-dealkylation sites (tertiary alicyclic amines) is 1. The first kappa shape index (κ1) is 30.4. The first-order valence-corrected chi connectivity index (χ1v) is 16.7. The number of nitrogens with zero attached hydrogens (tertiary/aromatic N) is 3. The van der Waals surface area contributed by atoms with Gasteiger partial charge in [0.25, 0.3) is 0 Å². The number of aliphatic hydroxyl groups excluding tert-OH is 1. The normalized spacial score (nSPS) is 31.5. The molecule has 0 radical (unpaired) electrons. The highest BCUT2D eigenvalue weighted by molar-refractivity contribution is 9.09. The first-order valence-electron chi connectivity index (χ1n) is 14.9. The van der Waals surface area contributed by atoms with Gasteiger partial charge in [-0.15, -0.1) is 24.9 Å². The lowest BCUT2D eigenvalue weighted by atomic mass is 9.70. The lowest BCUT2D eigenvalue weighted by molar-refractivity contribution is -0.147. The molecule has 9 heteroatoms. The molecule has 4 aliphatic rings. The number of amides is 3. The van der Waals surface area contributed by atoms with Crippen LogP contribution in [0.2, 0.25) is 0 Å². The van der Waals surface area contributed by atoms with E-state index in [0.717, 1.165) is 31.2 Å². The third-order valence-corrected chi connectivity index (χ3v) is 12.7. The molecule has 0 aromatic heterocycles. The van der Waals surface area contributed by atoms with E-state index in [1.54, 1.807) is 40.6 Å². The Kier molecular flexibility index (Phi) is 9.36. The Morgan fingerprint density at radius 3 is 2.46 bits per heavy atom. The Morgan fingerprint density at radius 2 is 1.83 bits per heavy atom. The predicted octanol–water partition coefficient (Wildman–Crippen LogP) is 4.39. The van der Waals surface area contributed by atoms with E-state index in [2.05, 4.69) is 29.1 Å². The third kappa shape index (κ3) is 5.31. The van der Waals surface area contributed by atoms with Crippen LogP contribution < -0.4 is 0 Å². The number of aliphatic hydroxyl groups is 1. The van der Waals surface area contributed by atoms with Crippen molar-refractivity contribution in [1.29, 1.82) is 0 Å². The van der Waals surface area contributed by atoms with Crippen molar-refractivity contribution < 1.29 is 19.5 Å². The summed E-state index contributed by atoms with van der Waals surface area (Å²) in [6, 6.07) is 8.68. The van der Waals surface area contributed by atoms with Gasteiger partial charge in [-0.05, 0) is 31.7 Å². The van der Waals surface area contributed by atoms with Gasteiger partial charge in [-0.3, -0.25) is 14.4 Å². The van der Waals surface area contributed by atoms with Crippen molar-refractivity contribution in [2.75, 3.05) is 19.7 Å². The van der Waals surface area contributed by atoms with Crippen molar-refractivity contribution in [2.24, 2.45) is 11.8 Å². The molecule has 3 saturated heterocycles. The van der Waals surface area contributed by atoms with Crippen molar-refractivity contribution in [2.45, 2.75) is 84.9 Å². The van der Waals surface area contributed by atoms with Crippen LogP contribution in [0.4, 0.5) is 0 Å². The number of hydrogen-bond donors (Lipinski definition) is 1. The molecule has 5 rings (SSSR count). The monoisotopic (exact) mass is 643 g/mol. The van der Waals surface area contributed by atoms with Crippen LogP contribution in [0, 0.1) is 11.8 Å². The quantitative estimate of drug-likeness (QED) is 0.286. The summed E-state index contributed by atoms with van der Waals surface area (Å²) in [5.74, 6) is -1.51. The van der Waals surface area contributed by atoms with Crippen molar-refractivity contribution in [3.63, 3.8) is 0 Å². The number of hydrogen-bond acceptors (Lipinski definition) is 5. The Balaban J connectivity index is 1.53. The van der Waals surface area contributed by atoms with Crippen molar-refractivity contribution >= 4 is 45.4 Å². The van der Waals surface area contributed by atoms with Crippen LogP contribution in [-0.4, -0.2) is 90.2 Å². The lowest BCUT2D eigenvalue weighted by Gasteiger charge is -2.42. The third-order valence-electron chi connectivity index (χ3n) is 9.49. The first-order chi connectivity index (χ1) is 19.8. The maximum absolute atomic E-state index is 14.7. The molecule has 1 aromatic carbocycles. The van der Waals surface area contributed by atoms with E-state index < -0.39 is 28.7 Å². The maximum Gasteiger partial charge on any atom is 0.247 e. The molecule has 222 valence electrons. The maximum atomic E-state index is 14.7. The van der Waals surface area contributed by atoms with Crippen molar-refractivity contribution in [3.8, 4) is 0 Å². The van der Waals surface area contributed by atoms with Gasteiger partial charge in [0.1, 0.15) is 6.04 Å². The minimum Gasteiger partial charge on any atom is -0.394 e. The summed E-state index contributed by atoms with van der Waals surface area (Å²) < 4.78 is -0.739. The predicted molar refractivity (Wildman–Crippen MR) is 166 cm³/mol. The fourth-order valence-electron chi connectivity index (χ4n) is 7.70. The summed E-state index contributed by atoms with van der Waals surface area (Å²) in [5.41, 5.74) is 1.01. The molecular formula is C32H42BrN3O4S. The Labute approximate surface area is 256 Å². The van der Waals surface area contributed by atoms with E-state index in [9.17, 15) is 19.5 Å². The number of carbonyl (C=O) groups is 3. The SMILES string of the molecule is C=CCN(Cc1ccccc1)C(=O)[C@H]1[C@H]2C(=O)N([C@H](C)CO)C(C(=O)N(CC=C)C3CCCCC3)C23CC(Br)[C@@H]1S3. The Hall–Kier alpha value is -2.10. The summed E-state index contributed by atoms with van der Waals surface area (Å²) in [5, 5.41) is 10.1. The fourth-order valence-corrected chi connectivity index (χ4v) is 11.3. The second-order valence-electron chi connectivity index (χ2n) is 12.0. The largest absolute Gasteiger partial charge is 0.394 e. The highest BCUT2D eigenvalue weighted by Crippen LogP contribution is 2.68. The number of fused-ring (bicyclic) bond motifs is 1. The van der Waals surface area contributed by atoms with E-state index >= 15 is 0 Å². The molecule has 1 N–H and O–H groups in total. The minimum absolute atomic E-state index is 0.00461. The Morgan fingerprint density at radius 1 is 1.15 bits per heavy atom. The molecule has 3 amide bonds.